The number of hydrogen-bond acceptors (Lipinski definition) is 4. The summed E-state index contributed by atoms with van der Waals surface area (Å²) >= 11 is 0. The Morgan fingerprint density at radius 2 is 2.20 bits per heavy atom. The number of carboxylic acids is 1. The van der Waals surface area contributed by atoms with E-state index in [2.05, 4.69) is 17.1 Å². The number of nitrogens with zero attached hydrogens (tertiary/aromatic N) is 1. The quantitative estimate of drug-likeness (QED) is 0.802. The third-order valence-corrected chi connectivity index (χ3v) is 3.85. The fraction of sp³-hybridized carbons (Fsp3) is 0.667. The van der Waals surface area contributed by atoms with Crippen molar-refractivity contribution in [2.75, 3.05) is 19.6 Å². The predicted octanol–water partition coefficient (Wildman–Crippen LogP) is 2.33. The molecule has 1 aromatic heterocycles. The predicted molar refractivity (Wildman–Crippen MR) is 76.9 cm³/mol. The second-order valence-corrected chi connectivity index (χ2v) is 5.42. The van der Waals surface area contributed by atoms with Gasteiger partial charge in [-0.1, -0.05) is 13.3 Å². The van der Waals surface area contributed by atoms with Crippen molar-refractivity contribution in [1.29, 1.82) is 0 Å². The molecule has 1 saturated heterocycles. The van der Waals surface area contributed by atoms with Gasteiger partial charge in [-0.15, -0.1) is 0 Å². The maximum absolute atomic E-state index is 10.7. The summed E-state index contributed by atoms with van der Waals surface area (Å²) in [5.74, 6) is -0.313. The maximum atomic E-state index is 10.7. The molecular weight excluding hydrogens is 256 g/mol. The van der Waals surface area contributed by atoms with Gasteiger partial charge in [0.25, 0.3) is 0 Å². The molecule has 1 aliphatic heterocycles. The van der Waals surface area contributed by atoms with Crippen LogP contribution in [0.4, 0.5) is 0 Å². The molecule has 2 rings (SSSR count). The van der Waals surface area contributed by atoms with Crippen molar-refractivity contribution in [3.05, 3.63) is 23.7 Å². The number of piperidine rings is 1. The zero-order chi connectivity index (χ0) is 14.4. The summed E-state index contributed by atoms with van der Waals surface area (Å²) in [5.41, 5.74) is 0. The van der Waals surface area contributed by atoms with E-state index >= 15 is 0 Å². The highest BCUT2D eigenvalue weighted by Gasteiger charge is 2.18. The van der Waals surface area contributed by atoms with Crippen molar-refractivity contribution < 1.29 is 14.3 Å². The summed E-state index contributed by atoms with van der Waals surface area (Å²) in [6.45, 7) is 6.34. The molecule has 5 nitrogen and oxygen atoms in total. The molecule has 20 heavy (non-hydrogen) atoms. The second-order valence-electron chi connectivity index (χ2n) is 5.42. The highest BCUT2D eigenvalue weighted by atomic mass is 16.4. The molecule has 0 atom stereocenters. The molecule has 1 fully saturated rings. The summed E-state index contributed by atoms with van der Waals surface area (Å²) in [6, 6.07) is 3.74. The van der Waals surface area contributed by atoms with Crippen LogP contribution in [-0.4, -0.2) is 41.7 Å². The molecule has 0 bridgehead atoms. The van der Waals surface area contributed by atoms with Crippen LogP contribution in [0.2, 0.25) is 0 Å². The van der Waals surface area contributed by atoms with E-state index < -0.39 is 5.97 Å². The minimum atomic E-state index is -1.01. The molecule has 2 heterocycles. The third kappa shape index (κ3) is 4.35. The average molecular weight is 280 g/mol. The highest BCUT2D eigenvalue weighted by Crippen LogP contribution is 2.13. The molecule has 112 valence electrons. The van der Waals surface area contributed by atoms with Crippen molar-refractivity contribution in [2.45, 2.75) is 45.2 Å². The van der Waals surface area contributed by atoms with E-state index in [0.717, 1.165) is 25.9 Å². The van der Waals surface area contributed by atoms with Crippen LogP contribution < -0.4 is 5.32 Å². The van der Waals surface area contributed by atoms with Gasteiger partial charge >= 0.3 is 5.97 Å². The Morgan fingerprint density at radius 1 is 1.45 bits per heavy atom. The maximum Gasteiger partial charge on any atom is 0.371 e. The van der Waals surface area contributed by atoms with E-state index in [0.29, 0.717) is 18.3 Å². The van der Waals surface area contributed by atoms with E-state index in [9.17, 15) is 4.79 Å². The van der Waals surface area contributed by atoms with E-state index in [1.807, 2.05) is 0 Å². The van der Waals surface area contributed by atoms with Crippen molar-refractivity contribution >= 4 is 5.97 Å². The van der Waals surface area contributed by atoms with Crippen LogP contribution in [0, 0.1) is 0 Å². The number of aromatic carboxylic acids is 1. The van der Waals surface area contributed by atoms with Crippen LogP contribution in [0.3, 0.4) is 0 Å². The molecule has 5 heteroatoms. The molecule has 0 spiro atoms. The van der Waals surface area contributed by atoms with Crippen LogP contribution in [0.1, 0.15) is 48.9 Å². The Kier molecular flexibility index (Phi) is 5.61. The Bertz CT molecular complexity index is 423. The second kappa shape index (κ2) is 7.45. The molecular formula is C15H24N2O3. The Hall–Kier alpha value is -1.33. The highest BCUT2D eigenvalue weighted by molar-refractivity contribution is 5.84. The fourth-order valence-corrected chi connectivity index (χ4v) is 2.58. The topological polar surface area (TPSA) is 65.7 Å². The monoisotopic (exact) mass is 280 g/mol. The van der Waals surface area contributed by atoms with Gasteiger partial charge in [-0.3, -0.25) is 0 Å². The number of furan rings is 1. The van der Waals surface area contributed by atoms with Gasteiger partial charge in [-0.25, -0.2) is 4.79 Å². The molecule has 0 aliphatic carbocycles. The first-order valence-electron chi connectivity index (χ1n) is 7.46. The minimum Gasteiger partial charge on any atom is -0.475 e. The molecule has 2 N–H and O–H groups in total. The lowest BCUT2D eigenvalue weighted by Crippen LogP contribution is -2.42. The van der Waals surface area contributed by atoms with Gasteiger partial charge < -0.3 is 19.7 Å². The van der Waals surface area contributed by atoms with Crippen molar-refractivity contribution in [3.8, 4) is 0 Å². The first-order valence-corrected chi connectivity index (χ1v) is 7.46. The number of likely N-dealkylation sites (tertiary alicyclic amines) is 1. The lowest BCUT2D eigenvalue weighted by molar-refractivity contribution is 0.0660. The van der Waals surface area contributed by atoms with Gasteiger partial charge in [0, 0.05) is 6.04 Å². The molecule has 1 aliphatic rings. The van der Waals surface area contributed by atoms with Crippen LogP contribution in [-0.2, 0) is 6.54 Å². The summed E-state index contributed by atoms with van der Waals surface area (Å²) in [4.78, 5) is 13.2. The lowest BCUT2D eigenvalue weighted by atomic mass is 10.0. The smallest absolute Gasteiger partial charge is 0.371 e. The lowest BCUT2D eigenvalue weighted by Gasteiger charge is -2.32. The minimum absolute atomic E-state index is 0.0104. The Labute approximate surface area is 119 Å². The number of hydrogen-bond donors (Lipinski definition) is 2. The first-order chi connectivity index (χ1) is 9.69. The van der Waals surface area contributed by atoms with Crippen molar-refractivity contribution in [3.63, 3.8) is 0 Å². The summed E-state index contributed by atoms with van der Waals surface area (Å²) in [7, 11) is 0. The molecule has 0 unspecified atom stereocenters. The molecule has 0 amide bonds. The van der Waals surface area contributed by atoms with Crippen molar-refractivity contribution in [2.24, 2.45) is 0 Å². The standard InChI is InChI=1S/C15H24N2O3/c1-2-3-8-17-9-6-12(7-10-17)16-11-13-4-5-14(20-13)15(18)19/h4-5,12,16H,2-3,6-11H2,1H3,(H,18,19). The van der Waals surface area contributed by atoms with Crippen molar-refractivity contribution in [1.82, 2.24) is 10.2 Å². The number of carbonyl (C=O) groups is 1. The van der Waals surface area contributed by atoms with Crippen LogP contribution in [0.5, 0.6) is 0 Å². The number of unbranched alkanes of at least 4 members (excludes halogenated alkanes) is 1. The van der Waals surface area contributed by atoms with E-state index in [1.54, 1.807) is 6.07 Å². The summed E-state index contributed by atoms with van der Waals surface area (Å²) in [6.07, 6.45) is 4.83. The molecule has 0 saturated carbocycles. The number of nitrogens with one attached hydrogen (secondary N) is 1. The van der Waals surface area contributed by atoms with Gasteiger partial charge in [0.2, 0.25) is 5.76 Å². The largest absolute Gasteiger partial charge is 0.475 e. The fourth-order valence-electron chi connectivity index (χ4n) is 2.58. The van der Waals surface area contributed by atoms with Gasteiger partial charge in [-0.2, -0.15) is 0 Å². The SMILES string of the molecule is CCCCN1CCC(NCc2ccc(C(=O)O)o2)CC1. The van der Waals surface area contributed by atoms with Crippen LogP contribution in [0.15, 0.2) is 16.5 Å². The number of rotatable bonds is 7. The zero-order valence-electron chi connectivity index (χ0n) is 12.1. The van der Waals surface area contributed by atoms with E-state index in [1.165, 1.54) is 25.5 Å². The molecule has 1 aromatic rings. The van der Waals surface area contributed by atoms with E-state index in [4.69, 9.17) is 9.52 Å². The molecule has 0 aromatic carbocycles. The number of carboxylic acid groups (broad SMARTS) is 1. The summed E-state index contributed by atoms with van der Waals surface area (Å²) < 4.78 is 5.24. The van der Waals surface area contributed by atoms with Gasteiger partial charge in [0.1, 0.15) is 5.76 Å². The summed E-state index contributed by atoms with van der Waals surface area (Å²) in [5, 5.41) is 12.2. The van der Waals surface area contributed by atoms with Gasteiger partial charge in [0.15, 0.2) is 0 Å². The Morgan fingerprint density at radius 3 is 2.80 bits per heavy atom. The van der Waals surface area contributed by atoms with Gasteiger partial charge in [-0.05, 0) is 51.0 Å². The van der Waals surface area contributed by atoms with E-state index in [-0.39, 0.29) is 5.76 Å². The molecule has 0 radical (unpaired) electrons. The van der Waals surface area contributed by atoms with Crippen LogP contribution >= 0.6 is 0 Å². The zero-order valence-corrected chi connectivity index (χ0v) is 12.1. The average Bonchev–Trinajstić information content (AvgIpc) is 2.93. The normalized spacial score (nSPS) is 17.4. The Balaban J connectivity index is 1.69. The van der Waals surface area contributed by atoms with Crippen LogP contribution in [0.25, 0.3) is 0 Å². The van der Waals surface area contributed by atoms with Gasteiger partial charge in [0.05, 0.1) is 6.54 Å². The third-order valence-electron chi connectivity index (χ3n) is 3.85. The first kappa shape index (κ1) is 15.1.